The van der Waals surface area contributed by atoms with E-state index in [0.29, 0.717) is 30.3 Å². The third kappa shape index (κ3) is 3.83. The fourth-order valence-corrected chi connectivity index (χ4v) is 4.00. The van der Waals surface area contributed by atoms with Crippen LogP contribution in [0.25, 0.3) is 11.2 Å². The molecular weight excluding hydrogens is 366 g/mol. The van der Waals surface area contributed by atoms with Gasteiger partial charge in [0.05, 0.1) is 26.1 Å². The number of ether oxygens (including phenoxy) is 3. The van der Waals surface area contributed by atoms with Crippen molar-refractivity contribution in [2.45, 2.75) is 50.2 Å². The van der Waals surface area contributed by atoms with E-state index in [2.05, 4.69) is 15.0 Å². The molecule has 10 heteroatoms. The molecule has 2 aromatic rings. The molecule has 2 fully saturated rings. The summed E-state index contributed by atoms with van der Waals surface area (Å²) in [4.78, 5) is 12.4. The molecule has 0 spiro atoms. The molecule has 10 nitrogen and oxygen atoms in total. The van der Waals surface area contributed by atoms with Crippen LogP contribution in [-0.4, -0.2) is 74.5 Å². The number of anilines is 1. The van der Waals surface area contributed by atoms with Gasteiger partial charge in [-0.3, -0.25) is 4.57 Å². The number of aliphatic hydroxyl groups excluding tert-OH is 2. The van der Waals surface area contributed by atoms with Crippen molar-refractivity contribution >= 4 is 17.0 Å². The van der Waals surface area contributed by atoms with Gasteiger partial charge in [0.1, 0.15) is 30.2 Å². The summed E-state index contributed by atoms with van der Waals surface area (Å²) in [6.45, 7) is 1.18. The fourth-order valence-electron chi connectivity index (χ4n) is 4.00. The number of aromatic nitrogens is 4. The van der Waals surface area contributed by atoms with Crippen LogP contribution in [0.15, 0.2) is 12.7 Å². The summed E-state index contributed by atoms with van der Waals surface area (Å²) in [5.74, 6) is 0.910. The molecule has 1 saturated carbocycles. The number of hydrogen-bond acceptors (Lipinski definition) is 9. The van der Waals surface area contributed by atoms with Crippen molar-refractivity contribution in [2.24, 2.45) is 5.92 Å². The highest BCUT2D eigenvalue weighted by Crippen LogP contribution is 2.34. The van der Waals surface area contributed by atoms with Crippen molar-refractivity contribution in [3.63, 3.8) is 0 Å². The predicted molar refractivity (Wildman–Crippen MR) is 99.3 cm³/mol. The number of nitrogens with two attached hydrogens (primary N) is 1. The van der Waals surface area contributed by atoms with Crippen LogP contribution in [-0.2, 0) is 14.2 Å². The highest BCUT2D eigenvalue weighted by atomic mass is 16.6. The maximum absolute atomic E-state index is 10.5. The summed E-state index contributed by atoms with van der Waals surface area (Å²) in [5, 5.41) is 20.1. The van der Waals surface area contributed by atoms with E-state index in [0.717, 1.165) is 6.61 Å². The van der Waals surface area contributed by atoms with E-state index in [-0.39, 0.29) is 12.4 Å². The van der Waals surface area contributed by atoms with Crippen molar-refractivity contribution in [1.29, 1.82) is 0 Å². The van der Waals surface area contributed by atoms with Crippen molar-refractivity contribution < 1.29 is 24.4 Å². The highest BCUT2D eigenvalue weighted by Gasteiger charge is 2.45. The zero-order valence-electron chi connectivity index (χ0n) is 15.7. The van der Waals surface area contributed by atoms with Gasteiger partial charge in [-0.1, -0.05) is 12.8 Å². The maximum Gasteiger partial charge on any atom is 0.167 e. The molecule has 0 radical (unpaired) electrons. The molecule has 154 valence electrons. The molecule has 4 atom stereocenters. The maximum atomic E-state index is 10.5. The zero-order valence-corrected chi connectivity index (χ0v) is 15.7. The van der Waals surface area contributed by atoms with Gasteiger partial charge in [-0.15, -0.1) is 0 Å². The van der Waals surface area contributed by atoms with Gasteiger partial charge in [0, 0.05) is 6.61 Å². The van der Waals surface area contributed by atoms with Crippen molar-refractivity contribution in [1.82, 2.24) is 19.5 Å². The van der Waals surface area contributed by atoms with Gasteiger partial charge in [-0.2, -0.15) is 0 Å². The van der Waals surface area contributed by atoms with Crippen LogP contribution >= 0.6 is 0 Å². The molecule has 1 unspecified atom stereocenters. The number of nitrogen functional groups attached to an aromatic ring is 1. The van der Waals surface area contributed by atoms with E-state index in [9.17, 15) is 10.2 Å². The fraction of sp³-hybridized carbons (Fsp3) is 0.722. The monoisotopic (exact) mass is 393 g/mol. The second-order valence-electron chi connectivity index (χ2n) is 7.38. The molecule has 0 aromatic carbocycles. The Balaban J connectivity index is 1.41. The SMILES string of the molecule is Nc1ncnc2c1ncn2[C@@H]1O[C@H](CO)[C@@H](O)C1OCCOCC1CCCC1. The van der Waals surface area contributed by atoms with Crippen molar-refractivity contribution in [2.75, 3.05) is 32.2 Å². The van der Waals surface area contributed by atoms with Crippen LogP contribution in [0.3, 0.4) is 0 Å². The van der Waals surface area contributed by atoms with Gasteiger partial charge in [0.15, 0.2) is 17.7 Å². The molecule has 28 heavy (non-hydrogen) atoms. The summed E-state index contributed by atoms with van der Waals surface area (Å²) >= 11 is 0. The standard InChI is InChI=1S/C18H27N5O5/c19-16-13-17(21-9-20-16)23(10-22-13)18-15(14(25)12(7-24)28-18)27-6-5-26-8-11-3-1-2-4-11/h9-12,14-15,18,24-25H,1-8H2,(H2,19,20,21)/t12-,14-,15?,18-/m1/s1. The Kier molecular flexibility index (Phi) is 6.02. The molecule has 4 N–H and O–H groups in total. The Bertz CT molecular complexity index is 781. The van der Waals surface area contributed by atoms with Gasteiger partial charge in [0.25, 0.3) is 0 Å². The Morgan fingerprint density at radius 2 is 2.04 bits per heavy atom. The molecule has 2 aromatic heterocycles. The van der Waals surface area contributed by atoms with Gasteiger partial charge in [0.2, 0.25) is 0 Å². The van der Waals surface area contributed by atoms with E-state index >= 15 is 0 Å². The number of imidazole rings is 1. The molecule has 2 aliphatic rings. The quantitative estimate of drug-likeness (QED) is 0.539. The van der Waals surface area contributed by atoms with E-state index in [1.54, 1.807) is 4.57 Å². The third-order valence-electron chi connectivity index (χ3n) is 5.52. The first kappa shape index (κ1) is 19.5. The predicted octanol–water partition coefficient (Wildman–Crippen LogP) is 0.251. The minimum Gasteiger partial charge on any atom is -0.394 e. The second-order valence-corrected chi connectivity index (χ2v) is 7.38. The molecule has 0 bridgehead atoms. The summed E-state index contributed by atoms with van der Waals surface area (Å²) in [7, 11) is 0. The Labute approximate surface area is 162 Å². The van der Waals surface area contributed by atoms with Crippen molar-refractivity contribution in [3.05, 3.63) is 12.7 Å². The first-order chi connectivity index (χ1) is 13.7. The van der Waals surface area contributed by atoms with E-state index < -0.39 is 24.5 Å². The minimum atomic E-state index is -0.985. The van der Waals surface area contributed by atoms with E-state index in [4.69, 9.17) is 19.9 Å². The lowest BCUT2D eigenvalue weighted by Crippen LogP contribution is -2.36. The van der Waals surface area contributed by atoms with E-state index in [1.165, 1.54) is 38.3 Å². The topological polar surface area (TPSA) is 138 Å². The second kappa shape index (κ2) is 8.66. The van der Waals surface area contributed by atoms with Gasteiger partial charge in [-0.05, 0) is 18.8 Å². The molecule has 1 aliphatic carbocycles. The Hall–Kier alpha value is -1.85. The van der Waals surface area contributed by atoms with Crippen molar-refractivity contribution in [3.8, 4) is 0 Å². The van der Waals surface area contributed by atoms with Gasteiger partial charge < -0.3 is 30.2 Å². The average Bonchev–Trinajstić information content (AvgIpc) is 3.42. The normalized spacial score (nSPS) is 28.5. The summed E-state index contributed by atoms with van der Waals surface area (Å²) in [6.07, 6.45) is 4.77. The number of nitrogens with zero attached hydrogens (tertiary/aromatic N) is 4. The van der Waals surface area contributed by atoms with Crippen LogP contribution in [0.1, 0.15) is 31.9 Å². The molecule has 3 heterocycles. The lowest BCUT2D eigenvalue weighted by atomic mass is 10.1. The molecule has 4 rings (SSSR count). The summed E-state index contributed by atoms with van der Waals surface area (Å²) in [6, 6.07) is 0. The number of aliphatic hydroxyl groups is 2. The highest BCUT2D eigenvalue weighted by molar-refractivity contribution is 5.81. The van der Waals surface area contributed by atoms with Crippen LogP contribution in [0.2, 0.25) is 0 Å². The smallest absolute Gasteiger partial charge is 0.167 e. The lowest BCUT2D eigenvalue weighted by molar-refractivity contribution is -0.0826. The largest absolute Gasteiger partial charge is 0.394 e. The number of fused-ring (bicyclic) bond motifs is 1. The first-order valence-corrected chi connectivity index (χ1v) is 9.75. The number of rotatable bonds is 8. The van der Waals surface area contributed by atoms with Crippen LogP contribution in [0.5, 0.6) is 0 Å². The molecule has 1 saturated heterocycles. The Morgan fingerprint density at radius 3 is 2.82 bits per heavy atom. The average molecular weight is 393 g/mol. The third-order valence-corrected chi connectivity index (χ3v) is 5.52. The van der Waals surface area contributed by atoms with Crippen LogP contribution in [0.4, 0.5) is 5.82 Å². The zero-order chi connectivity index (χ0) is 19.5. The summed E-state index contributed by atoms with van der Waals surface area (Å²) < 4.78 is 19.1. The van der Waals surface area contributed by atoms with Gasteiger partial charge >= 0.3 is 0 Å². The molecular formula is C18H27N5O5. The van der Waals surface area contributed by atoms with Gasteiger partial charge in [-0.25, -0.2) is 15.0 Å². The minimum absolute atomic E-state index is 0.263. The summed E-state index contributed by atoms with van der Waals surface area (Å²) in [5.41, 5.74) is 6.78. The first-order valence-electron chi connectivity index (χ1n) is 9.75. The van der Waals surface area contributed by atoms with Crippen LogP contribution < -0.4 is 5.73 Å². The molecule has 1 aliphatic heterocycles. The van der Waals surface area contributed by atoms with Crippen LogP contribution in [0, 0.1) is 5.92 Å². The molecule has 0 amide bonds. The number of hydrogen-bond donors (Lipinski definition) is 3. The van der Waals surface area contributed by atoms with E-state index in [1.807, 2.05) is 0 Å². The lowest BCUT2D eigenvalue weighted by Gasteiger charge is -2.22. The Morgan fingerprint density at radius 1 is 1.21 bits per heavy atom.